The largest absolute Gasteiger partial charge is 0.399 e. The van der Waals surface area contributed by atoms with Gasteiger partial charge in [0.1, 0.15) is 5.82 Å². The van der Waals surface area contributed by atoms with E-state index in [-0.39, 0.29) is 18.3 Å². The molecule has 4 rings (SSSR count). The number of benzene rings is 2. The number of nitrogens with two attached hydrogens (primary N) is 1. The predicted molar refractivity (Wildman–Crippen MR) is 111 cm³/mol. The number of piperidine rings is 1. The zero-order chi connectivity index (χ0) is 18.1. The molecule has 0 atom stereocenters. The summed E-state index contributed by atoms with van der Waals surface area (Å²) in [5, 5.41) is 0. The number of para-hydroxylation sites is 2. The number of likely N-dealkylation sites (tertiary alicyclic amines) is 1. The molecule has 0 saturated carbocycles. The van der Waals surface area contributed by atoms with Gasteiger partial charge in [-0.1, -0.05) is 19.1 Å². The van der Waals surface area contributed by atoms with Crippen LogP contribution in [0.25, 0.3) is 11.0 Å². The molecule has 6 heteroatoms. The number of carbonyl (C=O) groups is 1. The van der Waals surface area contributed by atoms with Gasteiger partial charge in [-0.2, -0.15) is 0 Å². The minimum absolute atomic E-state index is 0. The maximum absolute atomic E-state index is 12.7. The number of halogens is 1. The Morgan fingerprint density at radius 1 is 1.11 bits per heavy atom. The first-order valence-electron chi connectivity index (χ1n) is 9.28. The second-order valence-electron chi connectivity index (χ2n) is 6.89. The standard InChI is InChI=1S/C21H24N4O.ClH/c1-2-20-23-18-5-3-4-6-19(18)25(20)17-11-13-24(14-12-17)21(26)15-7-9-16(22)10-8-15;/h3-10,17H,2,11-14,22H2,1H3;1H. The average molecular weight is 385 g/mol. The summed E-state index contributed by atoms with van der Waals surface area (Å²) >= 11 is 0. The number of aromatic nitrogens is 2. The van der Waals surface area contributed by atoms with Crippen LogP contribution < -0.4 is 5.73 Å². The number of amides is 1. The molecule has 0 radical (unpaired) electrons. The fourth-order valence-corrected chi connectivity index (χ4v) is 3.89. The Morgan fingerprint density at radius 3 is 2.44 bits per heavy atom. The Morgan fingerprint density at radius 2 is 1.78 bits per heavy atom. The number of rotatable bonds is 3. The van der Waals surface area contributed by atoms with Gasteiger partial charge in [0, 0.05) is 36.8 Å². The van der Waals surface area contributed by atoms with E-state index in [2.05, 4.69) is 29.7 Å². The minimum Gasteiger partial charge on any atom is -0.399 e. The quantitative estimate of drug-likeness (QED) is 0.692. The van der Waals surface area contributed by atoms with E-state index in [1.54, 1.807) is 12.1 Å². The molecule has 1 aromatic heterocycles. The highest BCUT2D eigenvalue weighted by Crippen LogP contribution is 2.29. The van der Waals surface area contributed by atoms with Crippen LogP contribution in [0.2, 0.25) is 0 Å². The first-order chi connectivity index (χ1) is 12.7. The molecule has 0 unspecified atom stereocenters. The van der Waals surface area contributed by atoms with Crippen LogP contribution in [0.3, 0.4) is 0 Å². The Balaban J connectivity index is 0.00000210. The normalized spacial score (nSPS) is 14.9. The molecule has 1 aliphatic heterocycles. The highest BCUT2D eigenvalue weighted by molar-refractivity contribution is 5.94. The van der Waals surface area contributed by atoms with Crippen molar-refractivity contribution in [2.45, 2.75) is 32.2 Å². The Kier molecular flexibility index (Phi) is 5.71. The van der Waals surface area contributed by atoms with Gasteiger partial charge in [0.25, 0.3) is 5.91 Å². The van der Waals surface area contributed by atoms with Gasteiger partial charge >= 0.3 is 0 Å². The summed E-state index contributed by atoms with van der Waals surface area (Å²) in [6, 6.07) is 15.9. The summed E-state index contributed by atoms with van der Waals surface area (Å²) in [6.45, 7) is 3.69. The third-order valence-electron chi connectivity index (χ3n) is 5.26. The van der Waals surface area contributed by atoms with Crippen LogP contribution in [-0.2, 0) is 6.42 Å². The van der Waals surface area contributed by atoms with Crippen molar-refractivity contribution < 1.29 is 4.79 Å². The van der Waals surface area contributed by atoms with Gasteiger partial charge in [-0.15, -0.1) is 12.4 Å². The van der Waals surface area contributed by atoms with Gasteiger partial charge in [-0.25, -0.2) is 4.98 Å². The maximum atomic E-state index is 12.7. The summed E-state index contributed by atoms with van der Waals surface area (Å²) < 4.78 is 2.39. The summed E-state index contributed by atoms with van der Waals surface area (Å²) in [5.74, 6) is 1.23. The monoisotopic (exact) mass is 384 g/mol. The lowest BCUT2D eigenvalue weighted by Crippen LogP contribution is -2.39. The lowest BCUT2D eigenvalue weighted by Gasteiger charge is -2.33. The summed E-state index contributed by atoms with van der Waals surface area (Å²) in [5.41, 5.74) is 9.37. The average Bonchev–Trinajstić information content (AvgIpc) is 3.07. The van der Waals surface area contributed by atoms with Crippen LogP contribution in [-0.4, -0.2) is 33.4 Å². The number of imidazole rings is 1. The highest BCUT2D eigenvalue weighted by Gasteiger charge is 2.26. The minimum atomic E-state index is 0. The van der Waals surface area contributed by atoms with Crippen molar-refractivity contribution in [3.05, 3.63) is 59.9 Å². The van der Waals surface area contributed by atoms with Crippen molar-refractivity contribution >= 4 is 35.0 Å². The second-order valence-corrected chi connectivity index (χ2v) is 6.89. The van der Waals surface area contributed by atoms with Crippen LogP contribution in [0.15, 0.2) is 48.5 Å². The van der Waals surface area contributed by atoms with Crippen molar-refractivity contribution in [1.29, 1.82) is 0 Å². The summed E-state index contributed by atoms with van der Waals surface area (Å²) in [4.78, 5) is 19.4. The Bertz CT molecular complexity index is 927. The van der Waals surface area contributed by atoms with Gasteiger partial charge in [0.15, 0.2) is 0 Å². The first-order valence-corrected chi connectivity index (χ1v) is 9.28. The van der Waals surface area contributed by atoms with Crippen molar-refractivity contribution in [2.24, 2.45) is 0 Å². The molecular formula is C21H25ClN4O. The van der Waals surface area contributed by atoms with E-state index < -0.39 is 0 Å². The molecule has 1 aliphatic rings. The molecule has 2 heterocycles. The van der Waals surface area contributed by atoms with Gasteiger partial charge in [-0.05, 0) is 49.2 Å². The number of hydrogen-bond donors (Lipinski definition) is 1. The molecule has 1 saturated heterocycles. The van der Waals surface area contributed by atoms with E-state index >= 15 is 0 Å². The fourth-order valence-electron chi connectivity index (χ4n) is 3.89. The van der Waals surface area contributed by atoms with E-state index in [1.807, 2.05) is 23.1 Å². The molecule has 1 amide bonds. The maximum Gasteiger partial charge on any atom is 0.253 e. The van der Waals surface area contributed by atoms with Crippen molar-refractivity contribution in [3.63, 3.8) is 0 Å². The fraction of sp³-hybridized carbons (Fsp3) is 0.333. The van der Waals surface area contributed by atoms with E-state index in [0.29, 0.717) is 17.3 Å². The smallest absolute Gasteiger partial charge is 0.253 e. The number of hydrogen-bond acceptors (Lipinski definition) is 3. The van der Waals surface area contributed by atoms with E-state index in [1.165, 1.54) is 5.52 Å². The Hall–Kier alpha value is -2.53. The lowest BCUT2D eigenvalue weighted by molar-refractivity contribution is 0.0695. The topological polar surface area (TPSA) is 64.2 Å². The zero-order valence-corrected chi connectivity index (χ0v) is 16.3. The molecule has 1 fully saturated rings. The molecule has 2 N–H and O–H groups in total. The first kappa shape index (κ1) is 19.2. The molecule has 142 valence electrons. The number of nitrogens with zero attached hydrogens (tertiary/aromatic N) is 3. The molecule has 2 aromatic carbocycles. The number of carbonyl (C=O) groups excluding carboxylic acids is 1. The summed E-state index contributed by atoms with van der Waals surface area (Å²) in [6.07, 6.45) is 2.82. The predicted octanol–water partition coefficient (Wildman–Crippen LogP) is 4.08. The highest BCUT2D eigenvalue weighted by atomic mass is 35.5. The van der Waals surface area contributed by atoms with Crippen molar-refractivity contribution in [2.75, 3.05) is 18.8 Å². The number of nitrogen functional groups attached to an aromatic ring is 1. The third kappa shape index (κ3) is 3.65. The van der Waals surface area contributed by atoms with Crippen LogP contribution in [0.4, 0.5) is 5.69 Å². The number of anilines is 1. The van der Waals surface area contributed by atoms with Gasteiger partial charge < -0.3 is 15.2 Å². The molecule has 27 heavy (non-hydrogen) atoms. The molecule has 0 aliphatic carbocycles. The summed E-state index contributed by atoms with van der Waals surface area (Å²) in [7, 11) is 0. The van der Waals surface area contributed by atoms with Crippen LogP contribution in [0, 0.1) is 0 Å². The SMILES string of the molecule is CCc1nc2ccccc2n1C1CCN(C(=O)c2ccc(N)cc2)CC1.Cl. The van der Waals surface area contributed by atoms with Crippen molar-refractivity contribution in [1.82, 2.24) is 14.5 Å². The molecule has 3 aromatic rings. The van der Waals surface area contributed by atoms with Crippen LogP contribution in [0.1, 0.15) is 42.0 Å². The second kappa shape index (κ2) is 8.01. The van der Waals surface area contributed by atoms with Crippen LogP contribution >= 0.6 is 12.4 Å². The van der Waals surface area contributed by atoms with Gasteiger partial charge in [0.05, 0.1) is 11.0 Å². The zero-order valence-electron chi connectivity index (χ0n) is 15.5. The van der Waals surface area contributed by atoms with Gasteiger partial charge in [-0.3, -0.25) is 4.79 Å². The number of fused-ring (bicyclic) bond motifs is 1. The van der Waals surface area contributed by atoms with E-state index in [9.17, 15) is 4.79 Å². The Labute approximate surface area is 165 Å². The lowest BCUT2D eigenvalue weighted by atomic mass is 10.0. The molecule has 5 nitrogen and oxygen atoms in total. The molecular weight excluding hydrogens is 360 g/mol. The molecule has 0 spiro atoms. The number of aryl methyl sites for hydroxylation is 1. The third-order valence-corrected chi connectivity index (χ3v) is 5.26. The van der Waals surface area contributed by atoms with Gasteiger partial charge in [0.2, 0.25) is 0 Å². The van der Waals surface area contributed by atoms with E-state index in [0.717, 1.165) is 43.7 Å². The van der Waals surface area contributed by atoms with Crippen LogP contribution in [0.5, 0.6) is 0 Å². The van der Waals surface area contributed by atoms with E-state index in [4.69, 9.17) is 10.7 Å². The molecule has 0 bridgehead atoms. The van der Waals surface area contributed by atoms with Crippen molar-refractivity contribution in [3.8, 4) is 0 Å².